The van der Waals surface area contributed by atoms with E-state index >= 15 is 0 Å². The minimum Gasteiger partial charge on any atom is -0.459 e. The van der Waals surface area contributed by atoms with Crippen molar-refractivity contribution in [2.45, 2.75) is 51.7 Å². The molecule has 1 aliphatic heterocycles. The standard InChI is InChI=1S/C19H23BrN2O3/c1-11-3-9-15(10-4-11)25-18(23)16-12(2)21-19(24)22-17(16)13-5-7-14(20)8-6-13/h5-8,11,15,17H,3-4,9-10H2,1-2H3,(H2,21,22,24)/t11?,15?,17-/m0/s1. The van der Waals surface area contributed by atoms with E-state index in [0.29, 0.717) is 17.2 Å². The Kier molecular flexibility index (Phi) is 5.47. The fourth-order valence-corrected chi connectivity index (χ4v) is 3.70. The summed E-state index contributed by atoms with van der Waals surface area (Å²) in [5, 5.41) is 5.52. The molecule has 1 saturated carbocycles. The van der Waals surface area contributed by atoms with Crippen molar-refractivity contribution in [1.29, 1.82) is 0 Å². The Morgan fingerprint density at radius 2 is 1.80 bits per heavy atom. The molecular weight excluding hydrogens is 384 g/mol. The van der Waals surface area contributed by atoms with Gasteiger partial charge in [-0.2, -0.15) is 0 Å². The van der Waals surface area contributed by atoms with E-state index in [1.54, 1.807) is 6.92 Å². The summed E-state index contributed by atoms with van der Waals surface area (Å²) < 4.78 is 6.71. The lowest BCUT2D eigenvalue weighted by molar-refractivity contribution is -0.146. The largest absolute Gasteiger partial charge is 0.459 e. The molecule has 6 heteroatoms. The Balaban J connectivity index is 1.82. The number of allylic oxidation sites excluding steroid dienone is 1. The molecule has 1 aromatic rings. The van der Waals surface area contributed by atoms with E-state index < -0.39 is 6.04 Å². The average molecular weight is 407 g/mol. The van der Waals surface area contributed by atoms with E-state index in [2.05, 4.69) is 33.5 Å². The second-order valence-corrected chi connectivity index (χ2v) is 7.82. The van der Waals surface area contributed by atoms with E-state index in [0.717, 1.165) is 35.7 Å². The zero-order valence-corrected chi connectivity index (χ0v) is 16.1. The smallest absolute Gasteiger partial charge is 0.338 e. The maximum Gasteiger partial charge on any atom is 0.338 e. The molecule has 2 N–H and O–H groups in total. The molecule has 1 aromatic carbocycles. The molecular formula is C19H23BrN2O3. The maximum absolute atomic E-state index is 12.8. The van der Waals surface area contributed by atoms with Gasteiger partial charge in [0.1, 0.15) is 6.10 Å². The molecule has 25 heavy (non-hydrogen) atoms. The van der Waals surface area contributed by atoms with Crippen molar-refractivity contribution in [2.75, 3.05) is 0 Å². The lowest BCUT2D eigenvalue weighted by Crippen LogP contribution is -2.45. The van der Waals surface area contributed by atoms with Crippen molar-refractivity contribution in [3.8, 4) is 0 Å². The third kappa shape index (κ3) is 4.24. The number of rotatable bonds is 3. The van der Waals surface area contributed by atoms with Gasteiger partial charge in [-0.05, 0) is 56.2 Å². The average Bonchev–Trinajstić information content (AvgIpc) is 2.57. The molecule has 1 atom stereocenters. The Bertz CT molecular complexity index is 691. The minimum atomic E-state index is -0.503. The molecule has 0 unspecified atom stereocenters. The van der Waals surface area contributed by atoms with Gasteiger partial charge in [0.05, 0.1) is 11.6 Å². The number of nitrogens with one attached hydrogen (secondary N) is 2. The molecule has 134 valence electrons. The number of ether oxygens (including phenoxy) is 1. The normalized spacial score (nSPS) is 26.7. The topological polar surface area (TPSA) is 67.4 Å². The van der Waals surface area contributed by atoms with Gasteiger partial charge in [-0.25, -0.2) is 9.59 Å². The number of amides is 2. The van der Waals surface area contributed by atoms with Crippen LogP contribution in [0.2, 0.25) is 0 Å². The zero-order valence-electron chi connectivity index (χ0n) is 14.5. The number of esters is 1. The van der Waals surface area contributed by atoms with E-state index in [-0.39, 0.29) is 18.1 Å². The summed E-state index contributed by atoms with van der Waals surface area (Å²) in [4.78, 5) is 24.7. The molecule has 0 bridgehead atoms. The first-order chi connectivity index (χ1) is 11.9. The number of carbonyl (C=O) groups is 2. The first-order valence-corrected chi connectivity index (χ1v) is 9.48. The van der Waals surface area contributed by atoms with Gasteiger partial charge in [0.25, 0.3) is 0 Å². The van der Waals surface area contributed by atoms with Crippen molar-refractivity contribution < 1.29 is 14.3 Å². The molecule has 2 aliphatic rings. The van der Waals surface area contributed by atoms with Crippen molar-refractivity contribution in [1.82, 2.24) is 10.6 Å². The van der Waals surface area contributed by atoms with Gasteiger partial charge < -0.3 is 15.4 Å². The number of hydrogen-bond acceptors (Lipinski definition) is 3. The highest BCUT2D eigenvalue weighted by atomic mass is 79.9. The summed E-state index contributed by atoms with van der Waals surface area (Å²) in [6, 6.07) is 6.76. The molecule has 1 aliphatic carbocycles. The van der Waals surface area contributed by atoms with Crippen LogP contribution in [0, 0.1) is 5.92 Å². The van der Waals surface area contributed by atoms with E-state index in [4.69, 9.17) is 4.74 Å². The van der Waals surface area contributed by atoms with Crippen molar-refractivity contribution in [2.24, 2.45) is 5.92 Å². The molecule has 1 heterocycles. The van der Waals surface area contributed by atoms with Crippen molar-refractivity contribution in [3.63, 3.8) is 0 Å². The number of hydrogen-bond donors (Lipinski definition) is 2. The van der Waals surface area contributed by atoms with Crippen LogP contribution in [0.25, 0.3) is 0 Å². The Labute approximate surface area is 156 Å². The van der Waals surface area contributed by atoms with Crippen LogP contribution < -0.4 is 10.6 Å². The predicted molar refractivity (Wildman–Crippen MR) is 98.8 cm³/mol. The Morgan fingerprint density at radius 3 is 2.44 bits per heavy atom. The van der Waals surface area contributed by atoms with Crippen LogP contribution in [-0.2, 0) is 9.53 Å². The summed E-state index contributed by atoms with van der Waals surface area (Å²) in [5.74, 6) is 0.347. The first kappa shape index (κ1) is 18.0. The minimum absolute atomic E-state index is 0.0350. The quantitative estimate of drug-likeness (QED) is 0.739. The molecule has 3 rings (SSSR count). The summed E-state index contributed by atoms with van der Waals surface area (Å²) in [6.45, 7) is 3.97. The van der Waals surface area contributed by atoms with Gasteiger partial charge in [0.15, 0.2) is 0 Å². The van der Waals surface area contributed by atoms with Crippen LogP contribution >= 0.6 is 15.9 Å². The Morgan fingerprint density at radius 1 is 1.16 bits per heavy atom. The highest BCUT2D eigenvalue weighted by Gasteiger charge is 2.33. The Hall–Kier alpha value is -1.82. The molecule has 1 fully saturated rings. The highest BCUT2D eigenvalue weighted by molar-refractivity contribution is 9.10. The number of urea groups is 1. The van der Waals surface area contributed by atoms with Gasteiger partial charge in [-0.15, -0.1) is 0 Å². The fourth-order valence-electron chi connectivity index (χ4n) is 3.43. The van der Waals surface area contributed by atoms with Crippen LogP contribution in [-0.4, -0.2) is 18.1 Å². The second-order valence-electron chi connectivity index (χ2n) is 6.91. The van der Waals surface area contributed by atoms with Crippen molar-refractivity contribution in [3.05, 3.63) is 45.6 Å². The predicted octanol–water partition coefficient (Wildman–Crippen LogP) is 4.20. The van der Waals surface area contributed by atoms with Gasteiger partial charge >= 0.3 is 12.0 Å². The van der Waals surface area contributed by atoms with Crippen LogP contribution in [0.3, 0.4) is 0 Å². The van der Waals surface area contributed by atoms with E-state index in [1.165, 1.54) is 0 Å². The van der Waals surface area contributed by atoms with Gasteiger partial charge in [0, 0.05) is 10.2 Å². The van der Waals surface area contributed by atoms with Crippen LogP contribution in [0.15, 0.2) is 40.0 Å². The van der Waals surface area contributed by atoms with E-state index in [1.807, 2.05) is 24.3 Å². The monoisotopic (exact) mass is 406 g/mol. The summed E-state index contributed by atoms with van der Waals surface area (Å²) >= 11 is 3.40. The second kappa shape index (κ2) is 7.60. The number of carbonyl (C=O) groups excluding carboxylic acids is 2. The number of halogens is 1. The van der Waals surface area contributed by atoms with Crippen molar-refractivity contribution >= 4 is 27.9 Å². The van der Waals surface area contributed by atoms with Gasteiger partial charge in [0.2, 0.25) is 0 Å². The summed E-state index contributed by atoms with van der Waals surface area (Å²) in [7, 11) is 0. The molecule has 5 nitrogen and oxygen atoms in total. The van der Waals surface area contributed by atoms with Crippen LogP contribution in [0.4, 0.5) is 4.79 Å². The molecule has 0 aromatic heterocycles. The first-order valence-electron chi connectivity index (χ1n) is 8.68. The molecule has 0 radical (unpaired) electrons. The SMILES string of the molecule is CC1=C(C(=O)OC2CCC(C)CC2)[C@H](c2ccc(Br)cc2)NC(=O)N1. The fraction of sp³-hybridized carbons (Fsp3) is 0.474. The third-order valence-electron chi connectivity index (χ3n) is 4.93. The molecule has 2 amide bonds. The number of benzene rings is 1. The summed E-state index contributed by atoms with van der Waals surface area (Å²) in [5.41, 5.74) is 1.87. The van der Waals surface area contributed by atoms with E-state index in [9.17, 15) is 9.59 Å². The van der Waals surface area contributed by atoms with Gasteiger partial charge in [-0.1, -0.05) is 35.0 Å². The lowest BCUT2D eigenvalue weighted by atomic mass is 9.89. The maximum atomic E-state index is 12.8. The van der Waals surface area contributed by atoms with Gasteiger partial charge in [-0.3, -0.25) is 0 Å². The molecule has 0 saturated heterocycles. The zero-order chi connectivity index (χ0) is 18.0. The molecule has 0 spiro atoms. The highest BCUT2D eigenvalue weighted by Crippen LogP contribution is 2.31. The summed E-state index contributed by atoms with van der Waals surface area (Å²) in [6.07, 6.45) is 3.94. The third-order valence-corrected chi connectivity index (χ3v) is 5.46. The lowest BCUT2D eigenvalue weighted by Gasteiger charge is -2.31. The van der Waals surface area contributed by atoms with Crippen LogP contribution in [0.5, 0.6) is 0 Å². The van der Waals surface area contributed by atoms with Crippen LogP contribution in [0.1, 0.15) is 51.1 Å².